The highest BCUT2D eigenvalue weighted by Crippen LogP contribution is 2.24. The molecule has 1 aromatic carbocycles. The van der Waals surface area contributed by atoms with E-state index in [-0.39, 0.29) is 23.6 Å². The molecule has 138 valence electrons. The van der Waals surface area contributed by atoms with E-state index in [0.29, 0.717) is 17.6 Å². The van der Waals surface area contributed by atoms with Crippen LogP contribution in [0.5, 0.6) is 5.75 Å². The average molecular weight is 348 g/mol. The van der Waals surface area contributed by atoms with E-state index in [2.05, 4.69) is 6.92 Å². The van der Waals surface area contributed by atoms with Gasteiger partial charge in [0.05, 0.1) is 6.10 Å². The maximum absolute atomic E-state index is 13.5. The third-order valence-corrected chi connectivity index (χ3v) is 4.58. The Hall–Kier alpha value is -1.68. The van der Waals surface area contributed by atoms with Gasteiger partial charge in [0, 0.05) is 18.2 Å². The summed E-state index contributed by atoms with van der Waals surface area (Å²) in [5.41, 5.74) is 1.19. The van der Waals surface area contributed by atoms with E-state index in [1.165, 1.54) is 31.7 Å². The number of carbonyl (C=O) groups is 1. The van der Waals surface area contributed by atoms with Crippen LogP contribution in [-0.4, -0.2) is 18.7 Å². The summed E-state index contributed by atoms with van der Waals surface area (Å²) in [5.74, 6) is -0.504. The number of carbonyl (C=O) groups excluding carboxylic acids is 1. The molecule has 0 amide bonds. The summed E-state index contributed by atoms with van der Waals surface area (Å²) in [6.45, 7) is 4.68. The molecule has 25 heavy (non-hydrogen) atoms. The van der Waals surface area contributed by atoms with E-state index in [1.807, 2.05) is 6.08 Å². The lowest BCUT2D eigenvalue weighted by molar-refractivity contribution is -0.130. The highest BCUT2D eigenvalue weighted by Gasteiger charge is 2.20. The molecule has 0 saturated heterocycles. The second-order valence-corrected chi connectivity index (χ2v) is 6.71. The van der Waals surface area contributed by atoms with E-state index < -0.39 is 0 Å². The number of esters is 1. The zero-order valence-corrected chi connectivity index (χ0v) is 15.4. The number of halogens is 1. The normalized spacial score (nSPS) is 17.2. The Balaban J connectivity index is 1.72. The largest absolute Gasteiger partial charge is 0.423 e. The van der Waals surface area contributed by atoms with Crippen molar-refractivity contribution in [3.63, 3.8) is 0 Å². The topological polar surface area (TPSA) is 35.5 Å². The summed E-state index contributed by atoms with van der Waals surface area (Å²) in [4.78, 5) is 12.2. The van der Waals surface area contributed by atoms with Crippen LogP contribution in [0.1, 0.15) is 63.9 Å². The van der Waals surface area contributed by atoms with Crippen LogP contribution < -0.4 is 4.74 Å². The Morgan fingerprint density at radius 3 is 2.72 bits per heavy atom. The molecule has 0 bridgehead atoms. The molecule has 1 aliphatic carbocycles. The minimum Gasteiger partial charge on any atom is -0.423 e. The van der Waals surface area contributed by atoms with Gasteiger partial charge in [-0.15, -0.1) is 0 Å². The fourth-order valence-electron chi connectivity index (χ4n) is 2.91. The summed E-state index contributed by atoms with van der Waals surface area (Å²) in [6.07, 6.45) is 10.5. The number of benzene rings is 1. The summed E-state index contributed by atoms with van der Waals surface area (Å²) >= 11 is 0. The average Bonchev–Trinajstić information content (AvgIpc) is 2.61. The Labute approximate surface area is 150 Å². The molecule has 0 radical (unpaired) electrons. The van der Waals surface area contributed by atoms with Crippen molar-refractivity contribution in [2.75, 3.05) is 6.61 Å². The molecule has 4 heteroatoms. The maximum Gasteiger partial charge on any atom is 0.339 e. The maximum atomic E-state index is 13.5. The minimum atomic E-state index is -0.388. The van der Waals surface area contributed by atoms with E-state index >= 15 is 0 Å². The zero-order chi connectivity index (χ0) is 18.1. The van der Waals surface area contributed by atoms with E-state index in [1.54, 1.807) is 19.1 Å². The smallest absolute Gasteiger partial charge is 0.339 e. The van der Waals surface area contributed by atoms with Crippen molar-refractivity contribution in [2.45, 2.75) is 71.3 Å². The van der Waals surface area contributed by atoms with Crippen LogP contribution in [0.2, 0.25) is 0 Å². The van der Waals surface area contributed by atoms with Gasteiger partial charge in [-0.25, -0.2) is 9.18 Å². The van der Waals surface area contributed by atoms with Crippen LogP contribution in [0, 0.1) is 12.7 Å². The van der Waals surface area contributed by atoms with Crippen molar-refractivity contribution in [2.24, 2.45) is 0 Å². The van der Waals surface area contributed by atoms with Gasteiger partial charge in [0.15, 0.2) is 0 Å². The molecule has 0 heterocycles. The molecule has 1 atom stereocenters. The van der Waals surface area contributed by atoms with E-state index in [4.69, 9.17) is 9.47 Å². The van der Waals surface area contributed by atoms with Crippen molar-refractivity contribution >= 4 is 5.97 Å². The third-order valence-electron chi connectivity index (χ3n) is 4.58. The van der Waals surface area contributed by atoms with Gasteiger partial charge in [0.25, 0.3) is 0 Å². The van der Waals surface area contributed by atoms with Crippen molar-refractivity contribution in [1.29, 1.82) is 0 Å². The van der Waals surface area contributed by atoms with Gasteiger partial charge in [-0.05, 0) is 44.2 Å². The molecule has 0 fully saturated rings. The SMILES string of the molecule is CCCCCCCOC1CC=C(C(=O)Oc2ccc(C)c(F)c2)CC1. The molecule has 0 aliphatic heterocycles. The monoisotopic (exact) mass is 348 g/mol. The van der Waals surface area contributed by atoms with E-state index in [0.717, 1.165) is 25.9 Å². The molecule has 3 nitrogen and oxygen atoms in total. The van der Waals surface area contributed by atoms with Gasteiger partial charge in [0.1, 0.15) is 11.6 Å². The van der Waals surface area contributed by atoms with Crippen molar-refractivity contribution in [1.82, 2.24) is 0 Å². The summed E-state index contributed by atoms with van der Waals surface area (Å²) in [7, 11) is 0. The number of rotatable bonds is 9. The first kappa shape index (κ1) is 19.6. The lowest BCUT2D eigenvalue weighted by Crippen LogP contribution is -2.21. The van der Waals surface area contributed by atoms with Crippen LogP contribution >= 0.6 is 0 Å². The van der Waals surface area contributed by atoms with Crippen LogP contribution in [0.4, 0.5) is 4.39 Å². The predicted octanol–water partition coefficient (Wildman–Crippen LogP) is 5.51. The van der Waals surface area contributed by atoms with E-state index in [9.17, 15) is 9.18 Å². The lowest BCUT2D eigenvalue weighted by atomic mass is 9.97. The Morgan fingerprint density at radius 2 is 2.04 bits per heavy atom. The second kappa shape index (κ2) is 10.3. The van der Waals surface area contributed by atoms with Crippen LogP contribution in [0.3, 0.4) is 0 Å². The van der Waals surface area contributed by atoms with Gasteiger partial charge >= 0.3 is 5.97 Å². The van der Waals surface area contributed by atoms with Crippen molar-refractivity contribution in [3.8, 4) is 5.75 Å². The Kier molecular flexibility index (Phi) is 8.13. The molecule has 1 aromatic rings. The molecule has 0 N–H and O–H groups in total. The first-order valence-electron chi connectivity index (χ1n) is 9.39. The summed E-state index contributed by atoms with van der Waals surface area (Å²) in [6, 6.07) is 4.48. The third kappa shape index (κ3) is 6.62. The van der Waals surface area contributed by atoms with Gasteiger partial charge in [-0.3, -0.25) is 0 Å². The number of hydrogen-bond donors (Lipinski definition) is 0. The van der Waals surface area contributed by atoms with Crippen molar-refractivity contribution < 1.29 is 18.7 Å². The summed E-state index contributed by atoms with van der Waals surface area (Å²) < 4.78 is 24.7. The van der Waals surface area contributed by atoms with Gasteiger partial charge in [-0.2, -0.15) is 0 Å². The fourth-order valence-corrected chi connectivity index (χ4v) is 2.91. The number of aryl methyl sites for hydroxylation is 1. The van der Waals surface area contributed by atoms with Gasteiger partial charge in [0.2, 0.25) is 0 Å². The van der Waals surface area contributed by atoms with Gasteiger partial charge < -0.3 is 9.47 Å². The summed E-state index contributed by atoms with van der Waals surface area (Å²) in [5, 5.41) is 0. The molecular formula is C21H29FO3. The van der Waals surface area contributed by atoms with Crippen LogP contribution in [0.25, 0.3) is 0 Å². The zero-order valence-electron chi connectivity index (χ0n) is 15.4. The fraction of sp³-hybridized carbons (Fsp3) is 0.571. The van der Waals surface area contributed by atoms with Crippen LogP contribution in [0.15, 0.2) is 29.8 Å². The highest BCUT2D eigenvalue weighted by molar-refractivity contribution is 5.90. The van der Waals surface area contributed by atoms with Gasteiger partial charge in [-0.1, -0.05) is 44.7 Å². The Bertz CT molecular complexity index is 595. The molecular weight excluding hydrogens is 319 g/mol. The molecule has 0 spiro atoms. The quantitative estimate of drug-likeness (QED) is 0.335. The number of ether oxygens (including phenoxy) is 2. The molecule has 1 unspecified atom stereocenters. The lowest BCUT2D eigenvalue weighted by Gasteiger charge is -2.21. The first-order valence-corrected chi connectivity index (χ1v) is 9.39. The minimum absolute atomic E-state index is 0.194. The second-order valence-electron chi connectivity index (χ2n) is 6.71. The van der Waals surface area contributed by atoms with Crippen LogP contribution in [-0.2, 0) is 9.53 Å². The number of unbranched alkanes of at least 4 members (excludes halogenated alkanes) is 4. The Morgan fingerprint density at radius 1 is 1.24 bits per heavy atom. The van der Waals surface area contributed by atoms with Crippen molar-refractivity contribution in [3.05, 3.63) is 41.2 Å². The molecule has 0 saturated carbocycles. The predicted molar refractivity (Wildman–Crippen MR) is 97.2 cm³/mol. The highest BCUT2D eigenvalue weighted by atomic mass is 19.1. The molecule has 0 aromatic heterocycles. The standard InChI is InChI=1S/C21H29FO3/c1-3-4-5-6-7-14-24-18-12-9-17(10-13-18)21(23)25-19-11-8-16(2)20(22)15-19/h8-9,11,15,18H,3-7,10,12-14H2,1-2H3. The molecule has 2 rings (SSSR count). The first-order chi connectivity index (χ1) is 12.1. The molecule has 1 aliphatic rings. The number of hydrogen-bond acceptors (Lipinski definition) is 3.